The maximum Gasteiger partial charge on any atom is 0.195 e. The molecule has 2 unspecified atom stereocenters. The first-order valence-electron chi connectivity index (χ1n) is 8.14. The minimum Gasteiger partial charge on any atom is -0.349 e. The number of aliphatic imine (C=N–C) groups is 1. The third-order valence-corrected chi connectivity index (χ3v) is 4.31. The number of hydrogen-bond acceptors (Lipinski definition) is 2. The molecule has 0 aromatic heterocycles. The summed E-state index contributed by atoms with van der Waals surface area (Å²) in [6.07, 6.45) is 1.24. The second-order valence-electron chi connectivity index (χ2n) is 6.80. The van der Waals surface area contributed by atoms with Gasteiger partial charge < -0.3 is 9.80 Å². The third-order valence-electron chi connectivity index (χ3n) is 4.31. The van der Waals surface area contributed by atoms with Gasteiger partial charge in [0.1, 0.15) is 0 Å². The van der Waals surface area contributed by atoms with Crippen LogP contribution in [0.3, 0.4) is 0 Å². The predicted octanol–water partition coefficient (Wildman–Crippen LogP) is 2.99. The second kappa shape index (κ2) is 9.47. The van der Waals surface area contributed by atoms with Crippen molar-refractivity contribution in [2.45, 2.75) is 25.9 Å². The molecule has 1 aromatic carbocycles. The molecule has 1 fully saturated rings. The molecule has 0 saturated carbocycles. The highest BCUT2D eigenvalue weighted by Crippen LogP contribution is 2.25. The van der Waals surface area contributed by atoms with Crippen molar-refractivity contribution in [3.8, 4) is 0 Å². The van der Waals surface area contributed by atoms with Crippen LogP contribution in [0.15, 0.2) is 35.3 Å². The van der Waals surface area contributed by atoms with E-state index < -0.39 is 0 Å². The molecular formula is C18H31IN4. The van der Waals surface area contributed by atoms with Crippen LogP contribution in [0.25, 0.3) is 0 Å². The average Bonchev–Trinajstić information content (AvgIpc) is 2.79. The Labute approximate surface area is 158 Å². The van der Waals surface area contributed by atoms with Gasteiger partial charge in [-0.25, -0.2) is 0 Å². The van der Waals surface area contributed by atoms with Crippen molar-refractivity contribution in [2.75, 3.05) is 41.3 Å². The lowest BCUT2D eigenvalue weighted by Crippen LogP contribution is -2.36. The lowest BCUT2D eigenvalue weighted by molar-refractivity contribution is 0.256. The number of guanidine groups is 1. The Hall–Kier alpha value is -0.820. The molecule has 1 aliphatic rings. The Kier molecular flexibility index (Phi) is 8.33. The van der Waals surface area contributed by atoms with E-state index in [0.29, 0.717) is 12.0 Å². The normalized spacial score (nSPS) is 20.7. The second-order valence-corrected chi connectivity index (χ2v) is 6.80. The first kappa shape index (κ1) is 20.2. The summed E-state index contributed by atoms with van der Waals surface area (Å²) in [7, 11) is 8.21. The maximum absolute atomic E-state index is 4.82. The Morgan fingerprint density at radius 2 is 1.74 bits per heavy atom. The average molecular weight is 430 g/mol. The molecule has 0 amide bonds. The van der Waals surface area contributed by atoms with E-state index in [1.165, 1.54) is 12.0 Å². The fourth-order valence-corrected chi connectivity index (χ4v) is 3.28. The molecule has 1 saturated heterocycles. The van der Waals surface area contributed by atoms with Gasteiger partial charge >= 0.3 is 0 Å². The van der Waals surface area contributed by atoms with Gasteiger partial charge in [-0.15, -0.1) is 24.0 Å². The highest BCUT2D eigenvalue weighted by Gasteiger charge is 2.28. The van der Waals surface area contributed by atoms with Crippen molar-refractivity contribution >= 4 is 29.9 Å². The molecule has 1 heterocycles. The minimum atomic E-state index is 0. The zero-order valence-electron chi connectivity index (χ0n) is 15.1. The molecule has 1 aromatic rings. The number of benzene rings is 1. The molecule has 4 nitrogen and oxygen atoms in total. The van der Waals surface area contributed by atoms with Gasteiger partial charge in [0.2, 0.25) is 0 Å². The van der Waals surface area contributed by atoms with Gasteiger partial charge in [-0.2, -0.15) is 0 Å². The molecule has 23 heavy (non-hydrogen) atoms. The van der Waals surface area contributed by atoms with E-state index in [0.717, 1.165) is 25.6 Å². The molecule has 5 heteroatoms. The van der Waals surface area contributed by atoms with Gasteiger partial charge in [0.15, 0.2) is 5.96 Å². The standard InChI is InChI=1S/C18H30N4.HI/c1-15-11-17(12-19-18(20(2)3)21(4)5)14-22(15)13-16-9-7-6-8-10-16;/h6-10,15,17H,11-14H2,1-5H3;1H. The van der Waals surface area contributed by atoms with Crippen molar-refractivity contribution in [3.05, 3.63) is 35.9 Å². The summed E-state index contributed by atoms with van der Waals surface area (Å²) < 4.78 is 0. The van der Waals surface area contributed by atoms with Crippen molar-refractivity contribution < 1.29 is 0 Å². The lowest BCUT2D eigenvalue weighted by Gasteiger charge is -2.23. The molecule has 0 bridgehead atoms. The summed E-state index contributed by atoms with van der Waals surface area (Å²) >= 11 is 0. The van der Waals surface area contributed by atoms with Crippen LogP contribution in [0.2, 0.25) is 0 Å². The Morgan fingerprint density at radius 1 is 1.13 bits per heavy atom. The van der Waals surface area contributed by atoms with E-state index >= 15 is 0 Å². The van der Waals surface area contributed by atoms with Crippen LogP contribution in [0, 0.1) is 5.92 Å². The van der Waals surface area contributed by atoms with Gasteiger partial charge in [0, 0.05) is 53.9 Å². The Bertz CT molecular complexity index is 477. The first-order valence-corrected chi connectivity index (χ1v) is 8.14. The highest BCUT2D eigenvalue weighted by atomic mass is 127. The fourth-order valence-electron chi connectivity index (χ4n) is 3.28. The number of nitrogens with zero attached hydrogens (tertiary/aromatic N) is 4. The van der Waals surface area contributed by atoms with Crippen molar-refractivity contribution in [2.24, 2.45) is 10.9 Å². The van der Waals surface area contributed by atoms with Crippen molar-refractivity contribution in [1.29, 1.82) is 0 Å². The summed E-state index contributed by atoms with van der Waals surface area (Å²) in [4.78, 5) is 11.6. The molecule has 130 valence electrons. The summed E-state index contributed by atoms with van der Waals surface area (Å²) in [5.41, 5.74) is 1.40. The van der Waals surface area contributed by atoms with Crippen molar-refractivity contribution in [3.63, 3.8) is 0 Å². The molecule has 2 rings (SSSR count). The highest BCUT2D eigenvalue weighted by molar-refractivity contribution is 14.0. The van der Waals surface area contributed by atoms with E-state index in [4.69, 9.17) is 4.99 Å². The number of halogens is 1. The molecule has 1 aliphatic heterocycles. The van der Waals surface area contributed by atoms with Crippen LogP contribution in [-0.2, 0) is 6.54 Å². The molecule has 0 N–H and O–H groups in total. The fraction of sp³-hybridized carbons (Fsp3) is 0.611. The Balaban J connectivity index is 0.00000264. The van der Waals surface area contributed by atoms with Gasteiger partial charge in [-0.1, -0.05) is 30.3 Å². The molecule has 2 atom stereocenters. The largest absolute Gasteiger partial charge is 0.349 e. The van der Waals surface area contributed by atoms with Crippen molar-refractivity contribution in [1.82, 2.24) is 14.7 Å². The zero-order chi connectivity index (χ0) is 16.1. The van der Waals surface area contributed by atoms with Gasteiger partial charge in [-0.05, 0) is 24.8 Å². The van der Waals surface area contributed by atoms with Crippen LogP contribution in [0.1, 0.15) is 18.9 Å². The molecule has 0 spiro atoms. The number of rotatable bonds is 4. The minimum absolute atomic E-state index is 0. The predicted molar refractivity (Wildman–Crippen MR) is 110 cm³/mol. The molecule has 0 aliphatic carbocycles. The topological polar surface area (TPSA) is 22.1 Å². The van der Waals surface area contributed by atoms with E-state index in [9.17, 15) is 0 Å². The summed E-state index contributed by atoms with van der Waals surface area (Å²) in [6.45, 7) is 5.46. The van der Waals surface area contributed by atoms with Crippen LogP contribution in [0.4, 0.5) is 0 Å². The van der Waals surface area contributed by atoms with E-state index in [1.54, 1.807) is 0 Å². The van der Waals surface area contributed by atoms with Crippen LogP contribution in [-0.4, -0.2) is 68.0 Å². The van der Waals surface area contributed by atoms with Crippen LogP contribution >= 0.6 is 24.0 Å². The van der Waals surface area contributed by atoms with Gasteiger partial charge in [-0.3, -0.25) is 9.89 Å². The van der Waals surface area contributed by atoms with Crippen LogP contribution < -0.4 is 0 Å². The lowest BCUT2D eigenvalue weighted by atomic mass is 10.1. The molecule has 0 radical (unpaired) electrons. The SMILES string of the molecule is CC1CC(CN=C(N(C)C)N(C)C)CN1Cc1ccccc1.I. The van der Waals surface area contributed by atoms with E-state index in [1.807, 2.05) is 0 Å². The Morgan fingerprint density at radius 3 is 2.30 bits per heavy atom. The van der Waals surface area contributed by atoms with Gasteiger partial charge in [0.05, 0.1) is 0 Å². The smallest absolute Gasteiger partial charge is 0.195 e. The summed E-state index contributed by atoms with van der Waals surface area (Å²) in [5.74, 6) is 1.71. The number of hydrogen-bond donors (Lipinski definition) is 0. The number of likely N-dealkylation sites (tertiary alicyclic amines) is 1. The first-order chi connectivity index (χ1) is 10.5. The summed E-state index contributed by atoms with van der Waals surface area (Å²) in [6, 6.07) is 11.4. The monoisotopic (exact) mass is 430 g/mol. The molecular weight excluding hydrogens is 399 g/mol. The third kappa shape index (κ3) is 5.95. The van der Waals surface area contributed by atoms with E-state index in [2.05, 4.69) is 80.1 Å². The quantitative estimate of drug-likeness (QED) is 0.417. The van der Waals surface area contributed by atoms with Crippen LogP contribution in [0.5, 0.6) is 0 Å². The maximum atomic E-state index is 4.82. The zero-order valence-corrected chi connectivity index (χ0v) is 17.4. The van der Waals surface area contributed by atoms with E-state index in [-0.39, 0.29) is 24.0 Å². The van der Waals surface area contributed by atoms with Gasteiger partial charge in [0.25, 0.3) is 0 Å². The summed E-state index contributed by atoms with van der Waals surface area (Å²) in [5, 5.41) is 0.